The monoisotopic (exact) mass is 252 g/mol. The number of hydrazine groups is 1. The van der Waals surface area contributed by atoms with Crippen LogP contribution in [0, 0.1) is 6.92 Å². The number of hydrogen-bond donors (Lipinski definition) is 4. The SMILES string of the molecule is Cc1c(NN)nc(C(C)(C)C)nc1NCC(N)=O. The van der Waals surface area contributed by atoms with Crippen LogP contribution in [0.15, 0.2) is 0 Å². The number of amides is 1. The summed E-state index contributed by atoms with van der Waals surface area (Å²) in [5.74, 6) is 6.70. The number of nitrogen functional groups attached to an aromatic ring is 1. The van der Waals surface area contributed by atoms with Gasteiger partial charge in [-0.3, -0.25) is 4.79 Å². The van der Waals surface area contributed by atoms with Crippen molar-refractivity contribution in [3.05, 3.63) is 11.4 Å². The normalized spacial score (nSPS) is 11.2. The van der Waals surface area contributed by atoms with E-state index in [1.54, 1.807) is 0 Å². The summed E-state index contributed by atoms with van der Waals surface area (Å²) in [6.07, 6.45) is 0. The minimum absolute atomic E-state index is 0.0193. The van der Waals surface area contributed by atoms with Gasteiger partial charge in [0.25, 0.3) is 0 Å². The summed E-state index contributed by atoms with van der Waals surface area (Å²) in [6.45, 7) is 7.82. The van der Waals surface area contributed by atoms with Gasteiger partial charge in [0, 0.05) is 11.0 Å². The number of carbonyl (C=O) groups excluding carboxylic acids is 1. The molecular weight excluding hydrogens is 232 g/mol. The summed E-state index contributed by atoms with van der Waals surface area (Å²) in [5.41, 5.74) is 8.15. The van der Waals surface area contributed by atoms with E-state index < -0.39 is 5.91 Å². The van der Waals surface area contributed by atoms with Crippen molar-refractivity contribution < 1.29 is 4.79 Å². The molecule has 6 N–H and O–H groups in total. The van der Waals surface area contributed by atoms with Crippen molar-refractivity contribution in [2.75, 3.05) is 17.3 Å². The lowest BCUT2D eigenvalue weighted by Gasteiger charge is -2.20. The zero-order valence-electron chi connectivity index (χ0n) is 11.2. The third-order valence-corrected chi connectivity index (χ3v) is 2.38. The number of rotatable bonds is 4. The molecule has 0 aromatic carbocycles. The van der Waals surface area contributed by atoms with E-state index in [0.29, 0.717) is 17.5 Å². The molecule has 1 heterocycles. The number of nitrogens with two attached hydrogens (primary N) is 2. The Labute approximate surface area is 106 Å². The zero-order chi connectivity index (χ0) is 13.9. The topological polar surface area (TPSA) is 119 Å². The maximum Gasteiger partial charge on any atom is 0.236 e. The minimum atomic E-state index is -0.451. The van der Waals surface area contributed by atoms with Crippen molar-refractivity contribution >= 4 is 17.5 Å². The molecule has 0 saturated carbocycles. The summed E-state index contributed by atoms with van der Waals surface area (Å²) >= 11 is 0. The molecule has 7 heteroatoms. The van der Waals surface area contributed by atoms with Gasteiger partial charge in [-0.25, -0.2) is 15.8 Å². The first-order chi connectivity index (χ1) is 8.25. The number of nitrogens with zero attached hydrogens (tertiary/aromatic N) is 2. The molecule has 1 rings (SSSR count). The Morgan fingerprint density at radius 3 is 2.28 bits per heavy atom. The molecule has 1 aromatic rings. The fourth-order valence-electron chi connectivity index (χ4n) is 1.34. The number of anilines is 2. The Bertz CT molecular complexity index is 452. The van der Waals surface area contributed by atoms with Crippen LogP contribution in [0.25, 0.3) is 0 Å². The van der Waals surface area contributed by atoms with Crippen LogP contribution in [0.4, 0.5) is 11.6 Å². The number of primary amides is 1. The number of carbonyl (C=O) groups is 1. The van der Waals surface area contributed by atoms with E-state index in [1.807, 2.05) is 27.7 Å². The van der Waals surface area contributed by atoms with Gasteiger partial charge in [0.05, 0.1) is 6.54 Å². The van der Waals surface area contributed by atoms with Crippen LogP contribution < -0.4 is 22.3 Å². The first-order valence-electron chi connectivity index (χ1n) is 5.63. The molecule has 0 bridgehead atoms. The second-order valence-electron chi connectivity index (χ2n) is 5.08. The van der Waals surface area contributed by atoms with Crippen molar-refractivity contribution in [3.63, 3.8) is 0 Å². The second-order valence-corrected chi connectivity index (χ2v) is 5.08. The van der Waals surface area contributed by atoms with Crippen molar-refractivity contribution in [1.82, 2.24) is 9.97 Å². The Kier molecular flexibility index (Phi) is 4.07. The van der Waals surface area contributed by atoms with Crippen LogP contribution in [-0.2, 0) is 10.2 Å². The highest BCUT2D eigenvalue weighted by Crippen LogP contribution is 2.25. The standard InChI is InChI=1S/C11H20N6O/c1-6-8(14-5-7(12)18)15-10(11(2,3)4)16-9(6)17-13/h5,13H2,1-4H3,(H2,12,18)(H2,14,15,16,17). The molecule has 0 saturated heterocycles. The van der Waals surface area contributed by atoms with Gasteiger partial charge in [-0.2, -0.15) is 0 Å². The summed E-state index contributed by atoms with van der Waals surface area (Å²) in [4.78, 5) is 19.5. The van der Waals surface area contributed by atoms with Gasteiger partial charge in [-0.1, -0.05) is 20.8 Å². The van der Waals surface area contributed by atoms with Crippen LogP contribution in [0.2, 0.25) is 0 Å². The number of aromatic nitrogens is 2. The van der Waals surface area contributed by atoms with Crippen molar-refractivity contribution in [1.29, 1.82) is 0 Å². The Morgan fingerprint density at radius 2 is 1.83 bits per heavy atom. The highest BCUT2D eigenvalue weighted by molar-refractivity contribution is 5.79. The predicted molar refractivity (Wildman–Crippen MR) is 71.0 cm³/mol. The molecule has 0 atom stereocenters. The summed E-state index contributed by atoms with van der Waals surface area (Å²) < 4.78 is 0. The lowest BCUT2D eigenvalue weighted by molar-refractivity contribution is -0.116. The van der Waals surface area contributed by atoms with Crippen LogP contribution in [0.3, 0.4) is 0 Å². The average Bonchev–Trinajstić information content (AvgIpc) is 2.26. The Hall–Kier alpha value is -1.89. The van der Waals surface area contributed by atoms with Gasteiger partial charge >= 0.3 is 0 Å². The van der Waals surface area contributed by atoms with Crippen molar-refractivity contribution in [2.45, 2.75) is 33.1 Å². The molecule has 1 amide bonds. The van der Waals surface area contributed by atoms with Gasteiger partial charge in [0.15, 0.2) is 0 Å². The van der Waals surface area contributed by atoms with Crippen molar-refractivity contribution in [2.24, 2.45) is 11.6 Å². The van der Waals surface area contributed by atoms with Crippen LogP contribution in [0.1, 0.15) is 32.2 Å². The first-order valence-corrected chi connectivity index (χ1v) is 5.63. The third kappa shape index (κ3) is 3.30. The van der Waals surface area contributed by atoms with Crippen LogP contribution >= 0.6 is 0 Å². The molecule has 100 valence electrons. The van der Waals surface area contributed by atoms with Gasteiger partial charge in [-0.05, 0) is 6.92 Å². The van der Waals surface area contributed by atoms with Crippen LogP contribution in [0.5, 0.6) is 0 Å². The summed E-state index contributed by atoms with van der Waals surface area (Å²) in [5, 5.41) is 2.88. The maximum atomic E-state index is 10.8. The van der Waals surface area contributed by atoms with E-state index in [9.17, 15) is 4.79 Å². The molecular formula is C11H20N6O. The molecule has 0 radical (unpaired) electrons. The molecule has 0 fully saturated rings. The van der Waals surface area contributed by atoms with Crippen LogP contribution in [-0.4, -0.2) is 22.4 Å². The van der Waals surface area contributed by atoms with Gasteiger partial charge < -0.3 is 16.5 Å². The van der Waals surface area contributed by atoms with E-state index in [-0.39, 0.29) is 12.0 Å². The minimum Gasteiger partial charge on any atom is -0.368 e. The van der Waals surface area contributed by atoms with Gasteiger partial charge in [0.1, 0.15) is 17.5 Å². The quantitative estimate of drug-likeness (QED) is 0.451. The molecule has 0 aliphatic rings. The lowest BCUT2D eigenvalue weighted by atomic mass is 9.95. The smallest absolute Gasteiger partial charge is 0.236 e. The maximum absolute atomic E-state index is 10.8. The fraction of sp³-hybridized carbons (Fsp3) is 0.545. The third-order valence-electron chi connectivity index (χ3n) is 2.38. The molecule has 1 aromatic heterocycles. The summed E-state index contributed by atoms with van der Waals surface area (Å²) in [6, 6.07) is 0. The average molecular weight is 252 g/mol. The highest BCUT2D eigenvalue weighted by atomic mass is 16.1. The fourth-order valence-corrected chi connectivity index (χ4v) is 1.34. The molecule has 0 spiro atoms. The second kappa shape index (κ2) is 5.18. The first kappa shape index (κ1) is 14.2. The van der Waals surface area contributed by atoms with Gasteiger partial charge in [0.2, 0.25) is 5.91 Å². The zero-order valence-corrected chi connectivity index (χ0v) is 11.2. The lowest BCUT2D eigenvalue weighted by Crippen LogP contribution is -2.25. The number of nitrogens with one attached hydrogen (secondary N) is 2. The van der Waals surface area contributed by atoms with E-state index in [4.69, 9.17) is 11.6 Å². The predicted octanol–water partition coefficient (Wildman–Crippen LogP) is 0.265. The molecule has 18 heavy (non-hydrogen) atoms. The Morgan fingerprint density at radius 1 is 1.28 bits per heavy atom. The van der Waals surface area contributed by atoms with E-state index in [2.05, 4.69) is 20.7 Å². The molecule has 0 aliphatic carbocycles. The molecule has 7 nitrogen and oxygen atoms in total. The molecule has 0 aliphatic heterocycles. The Balaban J connectivity index is 3.19. The van der Waals surface area contributed by atoms with E-state index >= 15 is 0 Å². The van der Waals surface area contributed by atoms with Gasteiger partial charge in [-0.15, -0.1) is 0 Å². The van der Waals surface area contributed by atoms with E-state index in [0.717, 1.165) is 5.56 Å². The number of hydrogen-bond acceptors (Lipinski definition) is 6. The highest BCUT2D eigenvalue weighted by Gasteiger charge is 2.21. The largest absolute Gasteiger partial charge is 0.368 e. The summed E-state index contributed by atoms with van der Waals surface area (Å²) in [7, 11) is 0. The van der Waals surface area contributed by atoms with Crippen molar-refractivity contribution in [3.8, 4) is 0 Å². The molecule has 0 unspecified atom stereocenters. The van der Waals surface area contributed by atoms with E-state index in [1.165, 1.54) is 0 Å².